The van der Waals surface area contributed by atoms with E-state index in [9.17, 15) is 4.79 Å². The van der Waals surface area contributed by atoms with E-state index < -0.39 is 0 Å². The summed E-state index contributed by atoms with van der Waals surface area (Å²) in [7, 11) is 0. The van der Waals surface area contributed by atoms with Crippen LogP contribution < -0.4 is 14.2 Å². The summed E-state index contributed by atoms with van der Waals surface area (Å²) in [6.45, 7) is 1.20. The highest BCUT2D eigenvalue weighted by Gasteiger charge is 2.53. The molecule has 36 heavy (non-hydrogen) atoms. The summed E-state index contributed by atoms with van der Waals surface area (Å²) in [6, 6.07) is 24.5. The maximum Gasteiger partial charge on any atom is 0.309 e. The predicted octanol–water partition coefficient (Wildman–Crippen LogP) is 6.05. The fourth-order valence-corrected chi connectivity index (χ4v) is 8.85. The normalized spacial score (nSPS) is 22.3. The number of esters is 1. The molecule has 3 aromatic carbocycles. The fraction of sp³-hybridized carbons (Fsp3) is 0.345. The number of carbonyl (C=O) groups is 1. The van der Waals surface area contributed by atoms with Crippen molar-refractivity contribution < 1.29 is 23.7 Å². The highest BCUT2D eigenvalue weighted by molar-refractivity contribution is 8.18. The molecule has 2 unspecified atom stereocenters. The first-order valence-electron chi connectivity index (χ1n) is 12.3. The third kappa shape index (κ3) is 4.66. The number of cyclic esters (lactones) is 1. The largest absolute Gasteiger partial charge is 0.489 e. The molecule has 2 saturated heterocycles. The summed E-state index contributed by atoms with van der Waals surface area (Å²) in [5.41, 5.74) is 3.38. The molecule has 186 valence electrons. The van der Waals surface area contributed by atoms with Crippen LogP contribution in [0.25, 0.3) is 0 Å². The van der Waals surface area contributed by atoms with Gasteiger partial charge >= 0.3 is 5.97 Å². The monoisotopic (exact) mass is 520 g/mol. The summed E-state index contributed by atoms with van der Waals surface area (Å²) in [5, 5.41) is 0. The second kappa shape index (κ2) is 10.3. The Balaban J connectivity index is 1.25. The van der Waals surface area contributed by atoms with E-state index in [4.69, 9.17) is 18.9 Å². The van der Waals surface area contributed by atoms with Crippen LogP contribution in [0.1, 0.15) is 23.1 Å². The average Bonchev–Trinajstić information content (AvgIpc) is 3.55. The second-order valence-corrected chi connectivity index (χ2v) is 12.2. The van der Waals surface area contributed by atoms with Crippen molar-refractivity contribution in [2.75, 3.05) is 24.9 Å². The van der Waals surface area contributed by atoms with E-state index >= 15 is 0 Å². The predicted molar refractivity (Wildman–Crippen MR) is 143 cm³/mol. The number of fused-ring (bicyclic) bond motifs is 1. The number of benzene rings is 3. The van der Waals surface area contributed by atoms with Gasteiger partial charge in [-0.1, -0.05) is 48.5 Å². The Morgan fingerprint density at radius 1 is 0.861 bits per heavy atom. The summed E-state index contributed by atoms with van der Waals surface area (Å²) < 4.78 is 22.8. The minimum absolute atomic E-state index is 0.0505. The lowest BCUT2D eigenvalue weighted by Crippen LogP contribution is -2.37. The molecular weight excluding hydrogens is 492 g/mol. The van der Waals surface area contributed by atoms with Crippen LogP contribution in [0.3, 0.4) is 0 Å². The minimum Gasteiger partial charge on any atom is -0.489 e. The van der Waals surface area contributed by atoms with Gasteiger partial charge < -0.3 is 18.9 Å². The lowest BCUT2D eigenvalue weighted by Gasteiger charge is -2.42. The average molecular weight is 521 g/mol. The molecule has 0 N–H and O–H groups in total. The molecule has 0 spiro atoms. The maximum absolute atomic E-state index is 13.1. The van der Waals surface area contributed by atoms with Gasteiger partial charge in [0.15, 0.2) is 11.5 Å². The minimum atomic E-state index is -0.266. The van der Waals surface area contributed by atoms with Gasteiger partial charge in [-0.15, -0.1) is 23.5 Å². The Morgan fingerprint density at radius 3 is 2.53 bits per heavy atom. The van der Waals surface area contributed by atoms with Crippen molar-refractivity contribution in [1.29, 1.82) is 0 Å². The van der Waals surface area contributed by atoms with Gasteiger partial charge in [-0.25, -0.2) is 0 Å². The molecule has 2 fully saturated rings. The van der Waals surface area contributed by atoms with Crippen molar-refractivity contribution in [1.82, 2.24) is 0 Å². The SMILES string of the molecule is O=C1OCC(C2(c3ccc4c(c3)OCO4)SCCCS2)C1Cc1cccc(OCc2ccccc2)c1. The summed E-state index contributed by atoms with van der Waals surface area (Å²) in [5.74, 6) is 4.20. The Labute approximate surface area is 219 Å². The lowest BCUT2D eigenvalue weighted by atomic mass is 9.84. The number of carbonyl (C=O) groups excluding carboxylic acids is 1. The molecule has 2 atom stereocenters. The Hall–Kier alpha value is -2.77. The molecule has 6 rings (SSSR count). The van der Waals surface area contributed by atoms with E-state index in [-0.39, 0.29) is 28.7 Å². The van der Waals surface area contributed by atoms with E-state index in [0.29, 0.717) is 19.6 Å². The molecule has 3 heterocycles. The smallest absolute Gasteiger partial charge is 0.309 e. The van der Waals surface area contributed by atoms with Gasteiger partial charge in [0, 0.05) is 5.92 Å². The first-order chi connectivity index (χ1) is 17.7. The Kier molecular flexibility index (Phi) is 6.76. The van der Waals surface area contributed by atoms with E-state index in [1.165, 1.54) is 5.56 Å². The van der Waals surface area contributed by atoms with Crippen LogP contribution in [-0.4, -0.2) is 30.9 Å². The molecule has 0 amide bonds. The Morgan fingerprint density at radius 2 is 1.67 bits per heavy atom. The molecule has 7 heteroatoms. The summed E-state index contributed by atoms with van der Waals surface area (Å²) >= 11 is 3.88. The van der Waals surface area contributed by atoms with Crippen molar-refractivity contribution >= 4 is 29.5 Å². The third-order valence-electron chi connectivity index (χ3n) is 6.98. The van der Waals surface area contributed by atoms with E-state index in [2.05, 4.69) is 36.4 Å². The van der Waals surface area contributed by atoms with Crippen LogP contribution >= 0.6 is 23.5 Å². The van der Waals surface area contributed by atoms with Crippen LogP contribution in [0.2, 0.25) is 0 Å². The fourth-order valence-electron chi connectivity index (χ4n) is 5.17. The zero-order valence-electron chi connectivity index (χ0n) is 19.9. The lowest BCUT2D eigenvalue weighted by molar-refractivity contribution is -0.141. The first-order valence-corrected chi connectivity index (χ1v) is 14.3. The number of thioether (sulfide) groups is 2. The molecule has 0 aromatic heterocycles. The highest BCUT2D eigenvalue weighted by Crippen LogP contribution is 2.59. The van der Waals surface area contributed by atoms with Crippen molar-refractivity contribution in [2.45, 2.75) is 23.5 Å². The molecule has 0 radical (unpaired) electrons. The standard InChI is InChI=1S/C29H28O5S2/c30-28-24(15-21-8-4-9-23(14-21)31-17-20-6-2-1-3-7-20)25(18-32-28)29(35-12-5-13-36-29)22-10-11-26-27(16-22)34-19-33-26/h1-4,6-11,14,16,24-25H,5,12-13,15,17-19H2. The topological polar surface area (TPSA) is 54.0 Å². The van der Waals surface area contributed by atoms with Gasteiger partial charge in [0.1, 0.15) is 12.4 Å². The number of rotatable bonds is 7. The van der Waals surface area contributed by atoms with Crippen molar-refractivity contribution in [3.63, 3.8) is 0 Å². The van der Waals surface area contributed by atoms with E-state index in [0.717, 1.165) is 46.3 Å². The molecular formula is C29H28O5S2. The molecule has 0 saturated carbocycles. The van der Waals surface area contributed by atoms with Gasteiger partial charge in [0.05, 0.1) is 16.6 Å². The molecule has 3 aromatic rings. The maximum atomic E-state index is 13.1. The van der Waals surface area contributed by atoms with E-state index in [1.54, 1.807) is 0 Å². The quantitative estimate of drug-likeness (QED) is 0.352. The van der Waals surface area contributed by atoms with Gasteiger partial charge in [0.2, 0.25) is 6.79 Å². The molecule has 3 aliphatic heterocycles. The van der Waals surface area contributed by atoms with Crippen molar-refractivity contribution in [3.05, 3.63) is 89.5 Å². The summed E-state index contributed by atoms with van der Waals surface area (Å²) in [4.78, 5) is 13.1. The van der Waals surface area contributed by atoms with Gasteiger partial charge in [-0.2, -0.15) is 0 Å². The van der Waals surface area contributed by atoms with Gasteiger partial charge in [0.25, 0.3) is 0 Å². The highest BCUT2D eigenvalue weighted by atomic mass is 32.2. The van der Waals surface area contributed by atoms with Crippen LogP contribution in [0.15, 0.2) is 72.8 Å². The summed E-state index contributed by atoms with van der Waals surface area (Å²) in [6.07, 6.45) is 1.79. The zero-order valence-corrected chi connectivity index (χ0v) is 21.5. The van der Waals surface area contributed by atoms with Crippen LogP contribution in [0, 0.1) is 11.8 Å². The molecule has 0 aliphatic carbocycles. The van der Waals surface area contributed by atoms with Crippen molar-refractivity contribution in [3.8, 4) is 17.2 Å². The van der Waals surface area contributed by atoms with Crippen LogP contribution in [0.4, 0.5) is 0 Å². The third-order valence-corrected chi connectivity index (χ3v) is 10.6. The van der Waals surface area contributed by atoms with Crippen LogP contribution in [0.5, 0.6) is 17.2 Å². The van der Waals surface area contributed by atoms with Crippen LogP contribution in [-0.2, 0) is 26.6 Å². The molecule has 5 nitrogen and oxygen atoms in total. The molecule has 0 bridgehead atoms. The number of hydrogen-bond acceptors (Lipinski definition) is 7. The number of hydrogen-bond donors (Lipinski definition) is 0. The first kappa shape index (κ1) is 23.6. The van der Waals surface area contributed by atoms with Crippen molar-refractivity contribution in [2.24, 2.45) is 11.8 Å². The van der Waals surface area contributed by atoms with E-state index in [1.807, 2.05) is 59.9 Å². The number of ether oxygens (including phenoxy) is 4. The van der Waals surface area contributed by atoms with Gasteiger partial charge in [-0.05, 0) is 65.3 Å². The Bertz CT molecular complexity index is 1230. The van der Waals surface area contributed by atoms with Gasteiger partial charge in [-0.3, -0.25) is 4.79 Å². The molecule has 3 aliphatic rings. The second-order valence-electron chi connectivity index (χ2n) is 9.25. The zero-order chi connectivity index (χ0) is 24.4.